The number of likely N-dealkylation sites (tertiary alicyclic amines) is 1. The zero-order valence-electron chi connectivity index (χ0n) is 20.5. The van der Waals surface area contributed by atoms with Crippen molar-refractivity contribution >= 4 is 17.8 Å². The van der Waals surface area contributed by atoms with Gasteiger partial charge in [0, 0.05) is 13.1 Å². The number of nitrogens with zero attached hydrogens (tertiary/aromatic N) is 2. The van der Waals surface area contributed by atoms with Gasteiger partial charge in [-0.25, -0.2) is 0 Å². The summed E-state index contributed by atoms with van der Waals surface area (Å²) in [5.41, 5.74) is -1.89. The fourth-order valence-electron chi connectivity index (χ4n) is 6.26. The Morgan fingerprint density at radius 1 is 1.33 bits per heavy atom. The zero-order valence-corrected chi connectivity index (χ0v) is 20.5. The first-order chi connectivity index (χ1) is 15.8. The lowest BCUT2D eigenvalue weighted by atomic mass is 9.65. The van der Waals surface area contributed by atoms with Crippen molar-refractivity contribution in [3.8, 4) is 0 Å². The first-order valence-electron chi connectivity index (χ1n) is 12.5. The van der Waals surface area contributed by atoms with Crippen LogP contribution in [-0.4, -0.2) is 82.3 Å². The SMILES string of the molecule is C=CCN(CCCCC)C(=O)C1N([C@H](C)CO)C(=O)[C@@H]2[C@@H](C(=O)OCC)[C@@]3(CC)CCC12O3. The van der Waals surface area contributed by atoms with Gasteiger partial charge in [0.05, 0.1) is 30.8 Å². The van der Waals surface area contributed by atoms with Crippen LogP contribution in [0, 0.1) is 11.8 Å². The Hall–Kier alpha value is -1.93. The van der Waals surface area contributed by atoms with Gasteiger partial charge in [0.1, 0.15) is 17.6 Å². The smallest absolute Gasteiger partial charge is 0.312 e. The molecule has 6 atom stereocenters. The summed E-state index contributed by atoms with van der Waals surface area (Å²) >= 11 is 0. The minimum Gasteiger partial charge on any atom is -0.466 e. The van der Waals surface area contributed by atoms with E-state index in [1.807, 2.05) is 6.92 Å². The van der Waals surface area contributed by atoms with Crippen molar-refractivity contribution in [3.05, 3.63) is 12.7 Å². The highest BCUT2D eigenvalue weighted by molar-refractivity contribution is 5.98. The number of hydrogen-bond acceptors (Lipinski definition) is 6. The summed E-state index contributed by atoms with van der Waals surface area (Å²) in [7, 11) is 0. The number of carbonyl (C=O) groups excluding carboxylic acids is 3. The molecule has 0 aliphatic carbocycles. The maximum absolute atomic E-state index is 14.0. The molecule has 0 aromatic carbocycles. The third-order valence-corrected chi connectivity index (χ3v) is 7.83. The van der Waals surface area contributed by atoms with Crippen molar-refractivity contribution in [1.29, 1.82) is 0 Å². The number of aliphatic hydroxyl groups excluding tert-OH is 1. The predicted molar refractivity (Wildman–Crippen MR) is 123 cm³/mol. The second-order valence-electron chi connectivity index (χ2n) is 9.64. The maximum atomic E-state index is 14.0. The number of unbranched alkanes of at least 4 members (excludes halogenated alkanes) is 2. The van der Waals surface area contributed by atoms with E-state index in [1.54, 1.807) is 24.8 Å². The molecule has 0 aromatic heterocycles. The van der Waals surface area contributed by atoms with E-state index < -0.39 is 41.1 Å². The Morgan fingerprint density at radius 3 is 2.64 bits per heavy atom. The first kappa shape index (κ1) is 25.7. The van der Waals surface area contributed by atoms with Crippen LogP contribution in [0.25, 0.3) is 0 Å². The van der Waals surface area contributed by atoms with Gasteiger partial charge in [-0.05, 0) is 39.5 Å². The van der Waals surface area contributed by atoms with Gasteiger partial charge in [0.25, 0.3) is 0 Å². The molecular formula is C25H40N2O6. The summed E-state index contributed by atoms with van der Waals surface area (Å²) in [5, 5.41) is 9.95. The van der Waals surface area contributed by atoms with Crippen LogP contribution in [-0.2, 0) is 23.9 Å². The molecule has 3 rings (SSSR count). The van der Waals surface area contributed by atoms with Gasteiger partial charge < -0.3 is 24.4 Å². The number of hydrogen-bond donors (Lipinski definition) is 1. The highest BCUT2D eigenvalue weighted by atomic mass is 16.6. The monoisotopic (exact) mass is 464 g/mol. The van der Waals surface area contributed by atoms with Crippen LogP contribution >= 0.6 is 0 Å². The largest absolute Gasteiger partial charge is 0.466 e. The van der Waals surface area contributed by atoms with E-state index >= 15 is 0 Å². The summed E-state index contributed by atoms with van der Waals surface area (Å²) in [4.78, 5) is 44.2. The van der Waals surface area contributed by atoms with E-state index in [2.05, 4.69) is 13.5 Å². The molecule has 1 N–H and O–H groups in total. The minimum absolute atomic E-state index is 0.196. The molecule has 3 fully saturated rings. The molecule has 8 heteroatoms. The number of aliphatic hydroxyl groups is 1. The van der Waals surface area contributed by atoms with Crippen LogP contribution in [0.2, 0.25) is 0 Å². The standard InChI is InChI=1S/C25H40N2O6/c1-6-10-11-15-26(14-7-2)22(30)20-25-13-12-24(8-3,33-25)19(23(31)32-9-4)18(25)21(29)27(20)17(5)16-28/h7,17-20,28H,2,6,8-16H2,1,3-5H3/t17-,18+,19+,20?,24-,25?/m1/s1. The van der Waals surface area contributed by atoms with Gasteiger partial charge in [0.2, 0.25) is 11.8 Å². The lowest BCUT2D eigenvalue weighted by molar-refractivity contribution is -0.163. The Morgan fingerprint density at radius 2 is 2.06 bits per heavy atom. The van der Waals surface area contributed by atoms with Crippen molar-refractivity contribution in [2.45, 2.75) is 89.5 Å². The van der Waals surface area contributed by atoms with E-state index in [9.17, 15) is 19.5 Å². The molecule has 2 amide bonds. The maximum Gasteiger partial charge on any atom is 0.312 e. The molecule has 0 saturated carbocycles. The first-order valence-corrected chi connectivity index (χ1v) is 12.5. The number of fused-ring (bicyclic) bond motifs is 1. The van der Waals surface area contributed by atoms with Gasteiger partial charge in [-0.3, -0.25) is 14.4 Å². The molecule has 8 nitrogen and oxygen atoms in total. The summed E-state index contributed by atoms with van der Waals surface area (Å²) in [5.74, 6) is -2.46. The summed E-state index contributed by atoms with van der Waals surface area (Å²) in [6.45, 7) is 12.2. The molecule has 1 spiro atoms. The van der Waals surface area contributed by atoms with Crippen LogP contribution in [0.15, 0.2) is 12.7 Å². The average molecular weight is 465 g/mol. The van der Waals surface area contributed by atoms with Crippen LogP contribution in [0.1, 0.15) is 66.2 Å². The van der Waals surface area contributed by atoms with Gasteiger partial charge in [0.15, 0.2) is 0 Å². The van der Waals surface area contributed by atoms with Crippen LogP contribution in [0.4, 0.5) is 0 Å². The summed E-state index contributed by atoms with van der Waals surface area (Å²) < 4.78 is 12.0. The van der Waals surface area contributed by atoms with Gasteiger partial charge >= 0.3 is 5.97 Å². The molecule has 186 valence electrons. The molecule has 2 unspecified atom stereocenters. The average Bonchev–Trinajstić information content (AvgIpc) is 3.41. The van der Waals surface area contributed by atoms with Crippen LogP contribution in [0.5, 0.6) is 0 Å². The van der Waals surface area contributed by atoms with Crippen LogP contribution < -0.4 is 0 Å². The Balaban J connectivity index is 2.06. The molecule has 33 heavy (non-hydrogen) atoms. The molecular weight excluding hydrogens is 424 g/mol. The third kappa shape index (κ3) is 3.99. The number of carbonyl (C=O) groups is 3. The third-order valence-electron chi connectivity index (χ3n) is 7.83. The van der Waals surface area contributed by atoms with Crippen molar-refractivity contribution in [2.75, 3.05) is 26.3 Å². The fourth-order valence-corrected chi connectivity index (χ4v) is 6.26. The molecule has 3 aliphatic rings. The fraction of sp³-hybridized carbons (Fsp3) is 0.800. The van der Waals surface area contributed by atoms with Crippen molar-refractivity contribution in [2.24, 2.45) is 11.8 Å². The highest BCUT2D eigenvalue weighted by Crippen LogP contribution is 2.64. The van der Waals surface area contributed by atoms with Crippen molar-refractivity contribution < 1.29 is 29.0 Å². The summed E-state index contributed by atoms with van der Waals surface area (Å²) in [6.07, 6.45) is 6.25. The molecule has 3 heterocycles. The number of esters is 1. The van der Waals surface area contributed by atoms with E-state index in [0.717, 1.165) is 19.3 Å². The van der Waals surface area contributed by atoms with Crippen molar-refractivity contribution in [1.82, 2.24) is 9.80 Å². The molecule has 0 radical (unpaired) electrons. The zero-order chi connectivity index (χ0) is 24.4. The number of ether oxygens (including phenoxy) is 2. The highest BCUT2D eigenvalue weighted by Gasteiger charge is 2.79. The van der Waals surface area contributed by atoms with Gasteiger partial charge in [-0.15, -0.1) is 6.58 Å². The second-order valence-corrected chi connectivity index (χ2v) is 9.64. The predicted octanol–water partition coefficient (Wildman–Crippen LogP) is 2.29. The van der Waals surface area contributed by atoms with Crippen molar-refractivity contribution in [3.63, 3.8) is 0 Å². The molecule has 0 aromatic rings. The normalized spacial score (nSPS) is 33.2. The number of rotatable bonds is 12. The second kappa shape index (κ2) is 10.1. The van der Waals surface area contributed by atoms with E-state index in [0.29, 0.717) is 32.4 Å². The van der Waals surface area contributed by atoms with Crippen LogP contribution in [0.3, 0.4) is 0 Å². The minimum atomic E-state index is -1.09. The lowest BCUT2D eigenvalue weighted by Gasteiger charge is -2.38. The topological polar surface area (TPSA) is 96.4 Å². The number of amides is 2. The molecule has 3 aliphatic heterocycles. The van der Waals surface area contributed by atoms with E-state index in [4.69, 9.17) is 9.47 Å². The molecule has 2 bridgehead atoms. The van der Waals surface area contributed by atoms with E-state index in [-0.39, 0.29) is 25.0 Å². The van der Waals surface area contributed by atoms with Gasteiger partial charge in [-0.1, -0.05) is 32.8 Å². The lowest BCUT2D eigenvalue weighted by Crippen LogP contribution is -2.58. The Labute approximate surface area is 197 Å². The molecule has 3 saturated heterocycles. The Bertz CT molecular complexity index is 772. The quantitative estimate of drug-likeness (QED) is 0.270. The van der Waals surface area contributed by atoms with E-state index in [1.165, 1.54) is 4.90 Å². The Kier molecular flexibility index (Phi) is 7.89. The van der Waals surface area contributed by atoms with Gasteiger partial charge in [-0.2, -0.15) is 0 Å². The summed E-state index contributed by atoms with van der Waals surface area (Å²) in [6, 6.07) is -1.46.